The van der Waals surface area contributed by atoms with Crippen LogP contribution in [-0.4, -0.2) is 16.6 Å². The first-order valence-electron chi connectivity index (χ1n) is 3.74. The smallest absolute Gasteiger partial charge is 0.139 e. The quantitative estimate of drug-likeness (QED) is 0.455. The first kappa shape index (κ1) is 8.37. The predicted octanol–water partition coefficient (Wildman–Crippen LogP) is 2.27. The average molecular weight is 161 g/mol. The van der Waals surface area contributed by atoms with Gasteiger partial charge in [-0.25, -0.2) is 0 Å². The summed E-state index contributed by atoms with van der Waals surface area (Å²) in [5.41, 5.74) is 0. The van der Waals surface area contributed by atoms with Crippen LogP contribution in [0.15, 0.2) is 0 Å². The van der Waals surface area contributed by atoms with E-state index in [1.165, 1.54) is 12.2 Å². The van der Waals surface area contributed by atoms with Crippen LogP contribution >= 0.6 is 12.2 Å². The van der Waals surface area contributed by atoms with Crippen LogP contribution < -0.4 is 0 Å². The van der Waals surface area contributed by atoms with Crippen LogP contribution in [0.3, 0.4) is 0 Å². The Labute approximate surface area is 67.3 Å². The van der Waals surface area contributed by atoms with Gasteiger partial charge in [0.2, 0.25) is 0 Å². The molecule has 0 aromatic heterocycles. The second-order valence-corrected chi connectivity index (χ2v) is 4.02. The van der Waals surface area contributed by atoms with E-state index in [1.54, 1.807) is 0 Å². The molecule has 0 amide bonds. The molecule has 0 bridgehead atoms. The molecule has 1 saturated heterocycles. The van der Waals surface area contributed by atoms with Crippen molar-refractivity contribution in [3.8, 4) is 0 Å². The van der Waals surface area contributed by atoms with Crippen LogP contribution in [0.2, 0.25) is 0 Å². The first-order valence-corrected chi connectivity index (χ1v) is 4.44. The van der Waals surface area contributed by atoms with Gasteiger partial charge in [0.05, 0.1) is 12.2 Å². The van der Waals surface area contributed by atoms with Crippen molar-refractivity contribution in [2.45, 2.75) is 40.0 Å². The fourth-order valence-corrected chi connectivity index (χ4v) is 1.85. The van der Waals surface area contributed by atoms with Crippen LogP contribution in [0, 0.1) is 5.92 Å². The Balaban J connectivity index is 2.36. The molecule has 0 aromatic rings. The summed E-state index contributed by atoms with van der Waals surface area (Å²) in [6, 6.07) is 0.589. The van der Waals surface area contributed by atoms with E-state index in [4.69, 9.17) is 4.18 Å². The molecule has 0 saturated carbocycles. The van der Waals surface area contributed by atoms with Crippen molar-refractivity contribution in [3.63, 3.8) is 0 Å². The zero-order chi connectivity index (χ0) is 7.72. The second-order valence-electron chi connectivity index (χ2n) is 3.26. The lowest BCUT2D eigenvalue weighted by atomic mass is 10.2. The summed E-state index contributed by atoms with van der Waals surface area (Å²) in [5.74, 6) is 0.601. The predicted molar refractivity (Wildman–Crippen MR) is 44.3 cm³/mol. The maximum Gasteiger partial charge on any atom is 0.139 e. The second kappa shape index (κ2) is 3.11. The minimum Gasteiger partial charge on any atom is -0.280 e. The molecule has 60 valence electrons. The van der Waals surface area contributed by atoms with E-state index in [0.717, 1.165) is 0 Å². The van der Waals surface area contributed by atoms with Crippen molar-refractivity contribution >= 4 is 12.2 Å². The molecular formula is C7H15NOS. The molecule has 0 radical (unpaired) electrons. The summed E-state index contributed by atoms with van der Waals surface area (Å²) in [4.78, 5) is 0. The molecule has 0 N–H and O–H groups in total. The van der Waals surface area contributed by atoms with Gasteiger partial charge in [0, 0.05) is 6.04 Å². The molecule has 0 aliphatic carbocycles. The van der Waals surface area contributed by atoms with Crippen molar-refractivity contribution in [2.75, 3.05) is 0 Å². The Kier molecular flexibility index (Phi) is 2.61. The van der Waals surface area contributed by atoms with Crippen LogP contribution in [0.1, 0.15) is 27.7 Å². The van der Waals surface area contributed by atoms with Gasteiger partial charge in [0.1, 0.15) is 6.23 Å². The van der Waals surface area contributed by atoms with Crippen LogP contribution in [0.5, 0.6) is 0 Å². The third-order valence-corrected chi connectivity index (χ3v) is 2.64. The maximum absolute atomic E-state index is 5.31. The molecule has 10 heavy (non-hydrogen) atoms. The zero-order valence-corrected chi connectivity index (χ0v) is 7.81. The highest BCUT2D eigenvalue weighted by molar-refractivity contribution is 7.93. The van der Waals surface area contributed by atoms with Gasteiger partial charge in [-0.1, -0.05) is 13.8 Å². The van der Waals surface area contributed by atoms with Gasteiger partial charge < -0.3 is 0 Å². The highest BCUT2D eigenvalue weighted by atomic mass is 32.2. The summed E-state index contributed by atoms with van der Waals surface area (Å²) >= 11 is 1.48. The maximum atomic E-state index is 5.31. The Morgan fingerprint density at radius 2 is 1.90 bits per heavy atom. The number of nitrogens with zero attached hydrogens (tertiary/aromatic N) is 1. The molecule has 1 atom stereocenters. The van der Waals surface area contributed by atoms with E-state index in [2.05, 4.69) is 32.0 Å². The van der Waals surface area contributed by atoms with Crippen molar-refractivity contribution < 1.29 is 4.18 Å². The van der Waals surface area contributed by atoms with Crippen molar-refractivity contribution in [1.29, 1.82) is 0 Å². The molecule has 1 heterocycles. The standard InChI is InChI=1S/C7H15NOS/c1-5(2)7-8(6(3)4)10-9-7/h5-7H,1-4H3. The van der Waals surface area contributed by atoms with E-state index >= 15 is 0 Å². The minimum absolute atomic E-state index is 0.338. The highest BCUT2D eigenvalue weighted by Crippen LogP contribution is 2.36. The minimum atomic E-state index is 0.338. The molecule has 0 spiro atoms. The third kappa shape index (κ3) is 1.47. The van der Waals surface area contributed by atoms with Crippen molar-refractivity contribution in [2.24, 2.45) is 5.92 Å². The molecule has 1 aliphatic rings. The summed E-state index contributed by atoms with van der Waals surface area (Å²) in [7, 11) is 0. The summed E-state index contributed by atoms with van der Waals surface area (Å²) < 4.78 is 7.59. The average Bonchev–Trinajstić information content (AvgIpc) is 1.56. The molecular weight excluding hydrogens is 146 g/mol. The summed E-state index contributed by atoms with van der Waals surface area (Å²) in [5, 5.41) is 0. The lowest BCUT2D eigenvalue weighted by Gasteiger charge is -2.42. The lowest BCUT2D eigenvalue weighted by Crippen LogP contribution is -2.47. The van der Waals surface area contributed by atoms with E-state index in [0.29, 0.717) is 18.2 Å². The van der Waals surface area contributed by atoms with Crippen LogP contribution in [0.25, 0.3) is 0 Å². The molecule has 3 heteroatoms. The Hall–Kier alpha value is 0.270. The normalized spacial score (nSPS) is 27.6. The van der Waals surface area contributed by atoms with E-state index < -0.39 is 0 Å². The number of rotatable bonds is 2. The highest BCUT2D eigenvalue weighted by Gasteiger charge is 2.35. The van der Waals surface area contributed by atoms with Gasteiger partial charge in [0.25, 0.3) is 0 Å². The van der Waals surface area contributed by atoms with E-state index in [1.807, 2.05) is 0 Å². The number of hydrogen-bond donors (Lipinski definition) is 0. The fraction of sp³-hybridized carbons (Fsp3) is 1.00. The molecule has 1 fully saturated rings. The fourth-order valence-electron chi connectivity index (χ4n) is 0.927. The summed E-state index contributed by atoms with van der Waals surface area (Å²) in [6.07, 6.45) is 0.338. The molecule has 1 aliphatic heterocycles. The molecule has 1 unspecified atom stereocenters. The Morgan fingerprint density at radius 1 is 1.30 bits per heavy atom. The van der Waals surface area contributed by atoms with Gasteiger partial charge in [-0.05, 0) is 19.8 Å². The van der Waals surface area contributed by atoms with Crippen molar-refractivity contribution in [3.05, 3.63) is 0 Å². The summed E-state index contributed by atoms with van der Waals surface area (Å²) in [6.45, 7) is 8.73. The third-order valence-electron chi connectivity index (χ3n) is 1.56. The Bertz CT molecular complexity index is 102. The van der Waals surface area contributed by atoms with Crippen LogP contribution in [-0.2, 0) is 4.18 Å². The van der Waals surface area contributed by atoms with Gasteiger partial charge >= 0.3 is 0 Å². The first-order chi connectivity index (χ1) is 4.63. The molecule has 1 rings (SSSR count). The largest absolute Gasteiger partial charge is 0.280 e. The van der Waals surface area contributed by atoms with Crippen molar-refractivity contribution in [1.82, 2.24) is 4.31 Å². The lowest BCUT2D eigenvalue weighted by molar-refractivity contribution is -0.00728. The van der Waals surface area contributed by atoms with Gasteiger partial charge in [-0.2, -0.15) is 4.31 Å². The van der Waals surface area contributed by atoms with Crippen LogP contribution in [0.4, 0.5) is 0 Å². The Morgan fingerprint density at radius 3 is 2.00 bits per heavy atom. The van der Waals surface area contributed by atoms with E-state index in [9.17, 15) is 0 Å². The SMILES string of the molecule is CC(C)C1OSN1C(C)C. The molecule has 2 nitrogen and oxygen atoms in total. The van der Waals surface area contributed by atoms with Gasteiger partial charge in [-0.15, -0.1) is 0 Å². The number of hydrogen-bond acceptors (Lipinski definition) is 3. The molecule has 0 aromatic carbocycles. The zero-order valence-electron chi connectivity index (χ0n) is 7.00. The monoisotopic (exact) mass is 161 g/mol. The van der Waals surface area contributed by atoms with Gasteiger partial charge in [0.15, 0.2) is 0 Å². The topological polar surface area (TPSA) is 12.5 Å². The van der Waals surface area contributed by atoms with Gasteiger partial charge in [-0.3, -0.25) is 4.18 Å². The van der Waals surface area contributed by atoms with E-state index in [-0.39, 0.29) is 0 Å².